The first-order valence-electron chi connectivity index (χ1n) is 4.72. The third-order valence-electron chi connectivity index (χ3n) is 2.05. The highest BCUT2D eigenvalue weighted by Gasteiger charge is 2.31. The van der Waals surface area contributed by atoms with Gasteiger partial charge in [-0.1, -0.05) is 33.6 Å². The summed E-state index contributed by atoms with van der Waals surface area (Å²) in [4.78, 5) is 0. The molecule has 0 bridgehead atoms. The summed E-state index contributed by atoms with van der Waals surface area (Å²) in [5, 5.41) is 19.0. The van der Waals surface area contributed by atoms with E-state index in [0.29, 0.717) is 0 Å². The number of benzene rings is 1. The van der Waals surface area contributed by atoms with E-state index in [2.05, 4.69) is 20.7 Å². The lowest BCUT2D eigenvalue weighted by molar-refractivity contribution is -0.274. The van der Waals surface area contributed by atoms with Crippen molar-refractivity contribution in [3.8, 4) is 5.75 Å². The molecule has 0 aromatic heterocycles. The smallest absolute Gasteiger partial charge is 0.406 e. The Labute approximate surface area is 114 Å². The van der Waals surface area contributed by atoms with E-state index < -0.39 is 24.3 Å². The van der Waals surface area contributed by atoms with E-state index >= 15 is 0 Å². The van der Waals surface area contributed by atoms with Crippen molar-refractivity contribution in [2.45, 2.75) is 18.6 Å². The van der Waals surface area contributed by atoms with Gasteiger partial charge in [-0.2, -0.15) is 0 Å². The second kappa shape index (κ2) is 6.10. The summed E-state index contributed by atoms with van der Waals surface area (Å²) in [6.07, 6.45) is -7.22. The number of halogens is 5. The van der Waals surface area contributed by atoms with Crippen molar-refractivity contribution in [2.75, 3.05) is 5.33 Å². The van der Waals surface area contributed by atoms with Gasteiger partial charge < -0.3 is 14.9 Å². The Kier molecular flexibility index (Phi) is 5.27. The summed E-state index contributed by atoms with van der Waals surface area (Å²) in [5.74, 6) is -0.489. The molecule has 8 heteroatoms. The number of aliphatic hydroxyl groups excluding tert-OH is 2. The maximum atomic E-state index is 12.0. The predicted molar refractivity (Wildman–Crippen MR) is 62.9 cm³/mol. The maximum absolute atomic E-state index is 12.0. The van der Waals surface area contributed by atoms with Crippen molar-refractivity contribution in [3.63, 3.8) is 0 Å². The highest BCUT2D eigenvalue weighted by Crippen LogP contribution is 2.31. The minimum Gasteiger partial charge on any atom is -0.406 e. The summed E-state index contributed by atoms with van der Waals surface area (Å²) in [5.41, 5.74) is 0.123. The molecule has 1 aromatic rings. The van der Waals surface area contributed by atoms with Gasteiger partial charge in [0.2, 0.25) is 0 Å². The van der Waals surface area contributed by atoms with E-state index in [-0.39, 0.29) is 15.9 Å². The molecule has 0 aliphatic heterocycles. The van der Waals surface area contributed by atoms with Crippen molar-refractivity contribution >= 4 is 27.5 Å². The van der Waals surface area contributed by atoms with Crippen LogP contribution in [-0.4, -0.2) is 28.0 Å². The Hall–Kier alpha value is -0.500. The first-order chi connectivity index (χ1) is 8.24. The second-order valence-electron chi connectivity index (χ2n) is 3.40. The fraction of sp³-hybridized carbons (Fsp3) is 0.400. The number of ether oxygens (including phenoxy) is 1. The Morgan fingerprint density at radius 2 is 1.94 bits per heavy atom. The van der Waals surface area contributed by atoms with Gasteiger partial charge in [-0.15, -0.1) is 13.2 Å². The molecular formula is C10H9BrClF3O3. The van der Waals surface area contributed by atoms with Gasteiger partial charge in [0.1, 0.15) is 11.9 Å². The van der Waals surface area contributed by atoms with Crippen LogP contribution in [0.5, 0.6) is 5.75 Å². The number of alkyl halides is 4. The summed E-state index contributed by atoms with van der Waals surface area (Å²) in [6, 6.07) is 3.10. The van der Waals surface area contributed by atoms with Crippen molar-refractivity contribution in [1.82, 2.24) is 0 Å². The highest BCUT2D eigenvalue weighted by molar-refractivity contribution is 9.09. The molecule has 0 aliphatic carbocycles. The SMILES string of the molecule is OC(CBr)C(O)c1ccc(OC(F)(F)F)cc1Cl. The summed E-state index contributed by atoms with van der Waals surface area (Å²) >= 11 is 8.69. The van der Waals surface area contributed by atoms with Crippen LogP contribution in [0.25, 0.3) is 0 Å². The molecule has 1 aromatic carbocycles. The van der Waals surface area contributed by atoms with Gasteiger partial charge >= 0.3 is 6.36 Å². The molecule has 2 unspecified atom stereocenters. The molecule has 0 saturated carbocycles. The van der Waals surface area contributed by atoms with Crippen molar-refractivity contribution in [2.24, 2.45) is 0 Å². The fourth-order valence-electron chi connectivity index (χ4n) is 1.24. The van der Waals surface area contributed by atoms with E-state index in [9.17, 15) is 23.4 Å². The van der Waals surface area contributed by atoms with Crippen LogP contribution >= 0.6 is 27.5 Å². The lowest BCUT2D eigenvalue weighted by Gasteiger charge is -2.18. The molecule has 0 spiro atoms. The zero-order chi connectivity index (χ0) is 13.9. The average molecular weight is 350 g/mol. The summed E-state index contributed by atoms with van der Waals surface area (Å²) in [6.45, 7) is 0. The van der Waals surface area contributed by atoms with Crippen LogP contribution in [0.4, 0.5) is 13.2 Å². The van der Waals surface area contributed by atoms with Crippen LogP contribution in [0.1, 0.15) is 11.7 Å². The Morgan fingerprint density at radius 3 is 2.39 bits per heavy atom. The van der Waals surface area contributed by atoms with Crippen molar-refractivity contribution in [3.05, 3.63) is 28.8 Å². The largest absolute Gasteiger partial charge is 0.573 e. The number of hydrogen-bond acceptors (Lipinski definition) is 3. The van der Waals surface area contributed by atoms with Crippen molar-refractivity contribution in [1.29, 1.82) is 0 Å². The lowest BCUT2D eigenvalue weighted by atomic mass is 10.1. The standard InChI is InChI=1S/C10H9BrClF3O3/c11-4-8(16)9(17)6-2-1-5(3-7(6)12)18-10(13,14)15/h1-3,8-9,16-17H,4H2. The fourth-order valence-corrected chi connectivity index (χ4v) is 1.87. The normalized spacial score (nSPS) is 15.3. The molecule has 0 radical (unpaired) electrons. The van der Waals surface area contributed by atoms with Gasteiger partial charge in [-0.3, -0.25) is 0 Å². The third-order valence-corrected chi connectivity index (χ3v) is 3.04. The van der Waals surface area contributed by atoms with Gasteiger partial charge in [0, 0.05) is 10.9 Å². The topological polar surface area (TPSA) is 49.7 Å². The van der Waals surface area contributed by atoms with E-state index in [1.165, 1.54) is 6.07 Å². The molecule has 2 N–H and O–H groups in total. The molecule has 0 saturated heterocycles. The van der Waals surface area contributed by atoms with E-state index in [4.69, 9.17) is 11.6 Å². The zero-order valence-corrected chi connectivity index (χ0v) is 11.1. The number of rotatable bonds is 4. The minimum atomic E-state index is -4.81. The summed E-state index contributed by atoms with van der Waals surface area (Å²) in [7, 11) is 0. The first-order valence-corrected chi connectivity index (χ1v) is 6.22. The van der Waals surface area contributed by atoms with Crippen LogP contribution in [0.3, 0.4) is 0 Å². The molecule has 0 fully saturated rings. The van der Waals surface area contributed by atoms with E-state index in [1.54, 1.807) is 0 Å². The monoisotopic (exact) mass is 348 g/mol. The predicted octanol–water partition coefficient (Wildman–Crippen LogP) is 3.03. The highest BCUT2D eigenvalue weighted by atomic mass is 79.9. The van der Waals surface area contributed by atoms with Crippen LogP contribution in [0.2, 0.25) is 5.02 Å². The van der Waals surface area contributed by atoms with E-state index in [1.807, 2.05) is 0 Å². The maximum Gasteiger partial charge on any atom is 0.573 e. The molecule has 18 heavy (non-hydrogen) atoms. The third kappa shape index (κ3) is 4.31. The molecule has 0 amide bonds. The zero-order valence-electron chi connectivity index (χ0n) is 8.79. The van der Waals surface area contributed by atoms with Gasteiger partial charge in [0.25, 0.3) is 0 Å². The molecule has 3 nitrogen and oxygen atoms in total. The number of hydrogen-bond donors (Lipinski definition) is 2. The quantitative estimate of drug-likeness (QED) is 0.822. The Morgan fingerprint density at radius 1 is 1.33 bits per heavy atom. The van der Waals surface area contributed by atoms with Gasteiger partial charge in [-0.05, 0) is 12.1 Å². The Bertz CT molecular complexity index is 414. The average Bonchev–Trinajstić information content (AvgIpc) is 2.25. The van der Waals surface area contributed by atoms with Crippen LogP contribution in [0, 0.1) is 0 Å². The molecule has 1 rings (SSSR count). The van der Waals surface area contributed by atoms with Crippen molar-refractivity contribution < 1.29 is 28.1 Å². The second-order valence-corrected chi connectivity index (χ2v) is 4.45. The van der Waals surface area contributed by atoms with Crippen LogP contribution in [0.15, 0.2) is 18.2 Å². The van der Waals surface area contributed by atoms with E-state index in [0.717, 1.165) is 12.1 Å². The number of aliphatic hydroxyl groups is 2. The molecular weight excluding hydrogens is 340 g/mol. The molecule has 102 valence electrons. The lowest BCUT2D eigenvalue weighted by Crippen LogP contribution is -2.20. The van der Waals surface area contributed by atoms with Crippen LogP contribution < -0.4 is 4.74 Å². The van der Waals surface area contributed by atoms with Crippen LogP contribution in [-0.2, 0) is 0 Å². The molecule has 0 heterocycles. The minimum absolute atomic E-state index is 0.102. The summed E-state index contributed by atoms with van der Waals surface area (Å²) < 4.78 is 39.5. The molecule has 2 atom stereocenters. The first kappa shape index (κ1) is 15.6. The Balaban J connectivity index is 2.92. The van der Waals surface area contributed by atoms with Gasteiger partial charge in [0.15, 0.2) is 0 Å². The molecule has 0 aliphatic rings. The van der Waals surface area contributed by atoms with Gasteiger partial charge in [-0.25, -0.2) is 0 Å². The van der Waals surface area contributed by atoms with Gasteiger partial charge in [0.05, 0.1) is 11.1 Å².